The van der Waals surface area contributed by atoms with E-state index in [1.165, 1.54) is 29.1 Å². The molecular formula is C13H17ClS2. The molecule has 0 unspecified atom stereocenters. The fourth-order valence-electron chi connectivity index (χ4n) is 1.96. The minimum absolute atomic E-state index is 0.216. The van der Waals surface area contributed by atoms with Crippen LogP contribution in [-0.2, 0) is 4.08 Å². The molecule has 1 aromatic carbocycles. The number of hydrogen-bond donors (Lipinski definition) is 0. The molecule has 2 rings (SSSR count). The van der Waals surface area contributed by atoms with Crippen LogP contribution in [0.2, 0.25) is 0 Å². The molecule has 1 heterocycles. The maximum absolute atomic E-state index is 5.98. The third-order valence-electron chi connectivity index (χ3n) is 2.87. The van der Waals surface area contributed by atoms with Gasteiger partial charge in [0.15, 0.2) is 0 Å². The van der Waals surface area contributed by atoms with Crippen LogP contribution in [0, 0.1) is 6.92 Å². The molecule has 1 saturated heterocycles. The Labute approximate surface area is 112 Å². The normalized spacial score (nSPS) is 19.6. The van der Waals surface area contributed by atoms with E-state index in [2.05, 4.69) is 54.7 Å². The van der Waals surface area contributed by atoms with Crippen LogP contribution in [0.5, 0.6) is 0 Å². The van der Waals surface area contributed by atoms with Gasteiger partial charge in [0, 0.05) is 5.88 Å². The first-order valence-electron chi connectivity index (χ1n) is 5.68. The molecule has 1 aliphatic rings. The summed E-state index contributed by atoms with van der Waals surface area (Å²) in [5.41, 5.74) is 2.77. The van der Waals surface area contributed by atoms with Crippen LogP contribution in [0.4, 0.5) is 0 Å². The summed E-state index contributed by atoms with van der Waals surface area (Å²) in [6.07, 6.45) is 2.39. The quantitative estimate of drug-likeness (QED) is 0.735. The Balaban J connectivity index is 2.26. The molecular weight excluding hydrogens is 256 g/mol. The van der Waals surface area contributed by atoms with Crippen LogP contribution in [-0.4, -0.2) is 17.4 Å². The summed E-state index contributed by atoms with van der Waals surface area (Å²) in [6, 6.07) is 8.96. The van der Waals surface area contributed by atoms with Crippen molar-refractivity contribution < 1.29 is 0 Å². The molecule has 0 N–H and O–H groups in total. The number of alkyl halides is 1. The molecule has 0 bridgehead atoms. The van der Waals surface area contributed by atoms with Gasteiger partial charge in [-0.25, -0.2) is 0 Å². The van der Waals surface area contributed by atoms with E-state index >= 15 is 0 Å². The van der Waals surface area contributed by atoms with Gasteiger partial charge in [-0.1, -0.05) is 29.8 Å². The van der Waals surface area contributed by atoms with E-state index < -0.39 is 0 Å². The smallest absolute Gasteiger partial charge is 0.0871 e. The zero-order valence-electron chi connectivity index (χ0n) is 9.54. The van der Waals surface area contributed by atoms with Crippen LogP contribution in [0.3, 0.4) is 0 Å². The molecule has 3 heteroatoms. The van der Waals surface area contributed by atoms with Crippen LogP contribution in [0.25, 0.3) is 0 Å². The molecule has 0 aromatic heterocycles. The molecule has 16 heavy (non-hydrogen) atoms. The topological polar surface area (TPSA) is 0 Å². The van der Waals surface area contributed by atoms with E-state index in [1.807, 2.05) is 0 Å². The lowest BCUT2D eigenvalue weighted by Crippen LogP contribution is -2.23. The molecule has 0 aliphatic carbocycles. The Kier molecular flexibility index (Phi) is 4.51. The van der Waals surface area contributed by atoms with Crippen molar-refractivity contribution in [3.8, 4) is 0 Å². The van der Waals surface area contributed by atoms with Gasteiger partial charge < -0.3 is 0 Å². The van der Waals surface area contributed by atoms with Crippen molar-refractivity contribution in [1.29, 1.82) is 0 Å². The maximum Gasteiger partial charge on any atom is 0.0871 e. The average molecular weight is 273 g/mol. The average Bonchev–Trinajstić information content (AvgIpc) is 2.31. The summed E-state index contributed by atoms with van der Waals surface area (Å²) in [5.74, 6) is 3.27. The molecule has 0 radical (unpaired) electrons. The highest BCUT2D eigenvalue weighted by molar-refractivity contribution is 8.18. The van der Waals surface area contributed by atoms with Gasteiger partial charge in [-0.15, -0.1) is 35.1 Å². The van der Waals surface area contributed by atoms with Crippen LogP contribution in [0.15, 0.2) is 24.3 Å². The van der Waals surface area contributed by atoms with E-state index in [0.29, 0.717) is 0 Å². The highest BCUT2D eigenvalue weighted by atomic mass is 35.5. The van der Waals surface area contributed by atoms with Gasteiger partial charge in [0.25, 0.3) is 0 Å². The summed E-state index contributed by atoms with van der Waals surface area (Å²) < 4.78 is 0.216. The highest BCUT2D eigenvalue weighted by Gasteiger charge is 2.34. The van der Waals surface area contributed by atoms with Gasteiger partial charge in [-0.05, 0) is 36.8 Å². The summed E-state index contributed by atoms with van der Waals surface area (Å²) in [6.45, 7) is 2.14. The monoisotopic (exact) mass is 272 g/mol. The van der Waals surface area contributed by atoms with Crippen LogP contribution in [0.1, 0.15) is 24.0 Å². The SMILES string of the molecule is Cc1ccc(C2(CCCl)SCCCS2)cc1. The zero-order chi connectivity index (χ0) is 11.4. The van der Waals surface area contributed by atoms with Gasteiger partial charge >= 0.3 is 0 Å². The summed E-state index contributed by atoms with van der Waals surface area (Å²) in [4.78, 5) is 0. The Bertz CT molecular complexity index is 323. The number of thioether (sulfide) groups is 2. The van der Waals surface area contributed by atoms with E-state index in [-0.39, 0.29) is 4.08 Å². The molecule has 1 aliphatic heterocycles. The minimum atomic E-state index is 0.216. The summed E-state index contributed by atoms with van der Waals surface area (Å²) >= 11 is 10.1. The maximum atomic E-state index is 5.98. The summed E-state index contributed by atoms with van der Waals surface area (Å²) in [7, 11) is 0. The van der Waals surface area contributed by atoms with Crippen molar-refractivity contribution in [1.82, 2.24) is 0 Å². The van der Waals surface area contributed by atoms with E-state index in [9.17, 15) is 0 Å². The second-order valence-electron chi connectivity index (χ2n) is 4.11. The largest absolute Gasteiger partial charge is 0.139 e. The van der Waals surface area contributed by atoms with Crippen molar-refractivity contribution in [2.45, 2.75) is 23.8 Å². The van der Waals surface area contributed by atoms with Gasteiger partial charge in [-0.2, -0.15) is 0 Å². The second kappa shape index (κ2) is 5.70. The first kappa shape index (κ1) is 12.7. The lowest BCUT2D eigenvalue weighted by Gasteiger charge is -2.36. The number of halogens is 1. The first-order valence-corrected chi connectivity index (χ1v) is 8.18. The first-order chi connectivity index (χ1) is 7.77. The highest BCUT2D eigenvalue weighted by Crippen LogP contribution is 2.52. The predicted molar refractivity (Wildman–Crippen MR) is 77.7 cm³/mol. The number of benzene rings is 1. The third-order valence-corrected chi connectivity index (χ3v) is 6.57. The van der Waals surface area contributed by atoms with Crippen molar-refractivity contribution in [3.05, 3.63) is 35.4 Å². The van der Waals surface area contributed by atoms with Crippen molar-refractivity contribution in [2.75, 3.05) is 17.4 Å². The molecule has 1 fully saturated rings. The van der Waals surface area contributed by atoms with E-state index in [1.54, 1.807) is 0 Å². The van der Waals surface area contributed by atoms with Gasteiger partial charge in [0.1, 0.15) is 0 Å². The Morgan fingerprint density at radius 2 is 1.81 bits per heavy atom. The standard InChI is InChI=1S/C13H17ClS2/c1-11-3-5-12(6-4-11)13(7-8-14)15-9-2-10-16-13/h3-6H,2,7-10H2,1H3. The van der Waals surface area contributed by atoms with Crippen molar-refractivity contribution >= 4 is 35.1 Å². The third kappa shape index (κ3) is 2.72. The molecule has 88 valence electrons. The second-order valence-corrected chi connectivity index (χ2v) is 7.53. The molecule has 0 spiro atoms. The van der Waals surface area contributed by atoms with E-state index in [4.69, 9.17) is 11.6 Å². The number of hydrogen-bond acceptors (Lipinski definition) is 2. The Hall–Kier alpha value is 0.210. The molecule has 1 aromatic rings. The Morgan fingerprint density at radius 3 is 2.38 bits per heavy atom. The molecule has 0 amide bonds. The number of aryl methyl sites for hydroxylation is 1. The van der Waals surface area contributed by atoms with Crippen LogP contribution < -0.4 is 0 Å². The van der Waals surface area contributed by atoms with Gasteiger partial charge in [-0.3, -0.25) is 0 Å². The van der Waals surface area contributed by atoms with Crippen molar-refractivity contribution in [3.63, 3.8) is 0 Å². The fraction of sp³-hybridized carbons (Fsp3) is 0.538. The molecule has 0 atom stereocenters. The molecule has 0 saturated carbocycles. The lowest BCUT2D eigenvalue weighted by atomic mass is 10.1. The van der Waals surface area contributed by atoms with Gasteiger partial charge in [0.05, 0.1) is 4.08 Å². The van der Waals surface area contributed by atoms with E-state index in [0.717, 1.165) is 12.3 Å². The lowest BCUT2D eigenvalue weighted by molar-refractivity contribution is 0.822. The Morgan fingerprint density at radius 1 is 1.19 bits per heavy atom. The summed E-state index contributed by atoms with van der Waals surface area (Å²) in [5, 5.41) is 0. The minimum Gasteiger partial charge on any atom is -0.139 e. The van der Waals surface area contributed by atoms with Gasteiger partial charge in [0.2, 0.25) is 0 Å². The molecule has 0 nitrogen and oxygen atoms in total. The van der Waals surface area contributed by atoms with Crippen molar-refractivity contribution in [2.24, 2.45) is 0 Å². The zero-order valence-corrected chi connectivity index (χ0v) is 11.9. The fourth-order valence-corrected chi connectivity index (χ4v) is 5.82. The predicted octanol–water partition coefficient (Wildman–Crippen LogP) is 4.65. The van der Waals surface area contributed by atoms with Crippen LogP contribution >= 0.6 is 35.1 Å². The number of rotatable bonds is 3.